The van der Waals surface area contributed by atoms with Crippen LogP contribution < -0.4 is 10.3 Å². The molecule has 148 valence electrons. The number of ether oxygens (including phenoxy) is 1. The first kappa shape index (κ1) is 19.9. The standard InChI is InChI=1S/C20H19F3N2O3/c1-19(2,11-26)10-25-12-24-17-8-5-14(9-16(17)18(25)27)13-3-6-15(7-4-13)28-20(21,22)23/h3-9,12,26H,10-11H2,1-2H3. The lowest BCUT2D eigenvalue weighted by atomic mass is 9.95. The highest BCUT2D eigenvalue weighted by Gasteiger charge is 2.31. The first-order valence-corrected chi connectivity index (χ1v) is 8.54. The van der Waals surface area contributed by atoms with Crippen LogP contribution in [0.1, 0.15) is 13.8 Å². The minimum absolute atomic E-state index is 0.0795. The second-order valence-electron chi connectivity index (χ2n) is 7.30. The largest absolute Gasteiger partial charge is 0.573 e. The summed E-state index contributed by atoms with van der Waals surface area (Å²) in [6.07, 6.45) is -3.30. The van der Waals surface area contributed by atoms with Gasteiger partial charge in [-0.1, -0.05) is 32.0 Å². The zero-order valence-electron chi connectivity index (χ0n) is 15.3. The molecule has 0 aliphatic rings. The highest BCUT2D eigenvalue weighted by Crippen LogP contribution is 2.27. The minimum Gasteiger partial charge on any atom is -0.406 e. The van der Waals surface area contributed by atoms with E-state index in [1.54, 1.807) is 18.2 Å². The SMILES string of the molecule is CC(C)(CO)Cn1cnc2ccc(-c3ccc(OC(F)(F)F)cc3)cc2c1=O. The Labute approximate surface area is 159 Å². The Morgan fingerprint density at radius 2 is 1.71 bits per heavy atom. The molecule has 5 nitrogen and oxygen atoms in total. The first-order valence-electron chi connectivity index (χ1n) is 8.54. The summed E-state index contributed by atoms with van der Waals surface area (Å²) in [4.78, 5) is 17.1. The number of aliphatic hydroxyl groups excluding tert-OH is 1. The average Bonchev–Trinajstić information content (AvgIpc) is 2.63. The van der Waals surface area contributed by atoms with Gasteiger partial charge in [0.2, 0.25) is 0 Å². The Kier molecular flexibility index (Phi) is 5.16. The van der Waals surface area contributed by atoms with Gasteiger partial charge in [-0.2, -0.15) is 0 Å². The zero-order chi connectivity index (χ0) is 20.5. The second-order valence-corrected chi connectivity index (χ2v) is 7.30. The summed E-state index contributed by atoms with van der Waals surface area (Å²) in [7, 11) is 0. The normalized spacial score (nSPS) is 12.4. The molecule has 0 unspecified atom stereocenters. The molecule has 1 heterocycles. The molecule has 0 spiro atoms. The summed E-state index contributed by atoms with van der Waals surface area (Å²) < 4.78 is 42.2. The molecule has 28 heavy (non-hydrogen) atoms. The quantitative estimate of drug-likeness (QED) is 0.713. The molecular formula is C20H19F3N2O3. The summed E-state index contributed by atoms with van der Waals surface area (Å²) >= 11 is 0. The Balaban J connectivity index is 1.97. The van der Waals surface area contributed by atoms with Crippen molar-refractivity contribution >= 4 is 10.9 Å². The van der Waals surface area contributed by atoms with Crippen LogP contribution in [-0.4, -0.2) is 27.6 Å². The molecule has 0 saturated heterocycles. The van der Waals surface area contributed by atoms with E-state index in [1.165, 1.54) is 35.2 Å². The number of aliphatic hydroxyl groups is 1. The van der Waals surface area contributed by atoms with E-state index >= 15 is 0 Å². The second kappa shape index (κ2) is 7.27. The van der Waals surface area contributed by atoms with Crippen molar-refractivity contribution in [1.29, 1.82) is 0 Å². The maximum atomic E-state index is 12.8. The van der Waals surface area contributed by atoms with Gasteiger partial charge in [0.25, 0.3) is 5.56 Å². The summed E-state index contributed by atoms with van der Waals surface area (Å²) in [5.41, 5.74) is 1.10. The molecule has 2 aromatic carbocycles. The Hall–Kier alpha value is -2.87. The maximum absolute atomic E-state index is 12.8. The first-order chi connectivity index (χ1) is 13.1. The summed E-state index contributed by atoms with van der Waals surface area (Å²) in [6.45, 7) is 3.90. The van der Waals surface area contributed by atoms with Gasteiger partial charge >= 0.3 is 6.36 Å². The van der Waals surface area contributed by atoms with Crippen LogP contribution in [-0.2, 0) is 6.54 Å². The molecular weight excluding hydrogens is 373 g/mol. The molecule has 1 aromatic heterocycles. The molecule has 8 heteroatoms. The lowest BCUT2D eigenvalue weighted by Gasteiger charge is -2.22. The zero-order valence-corrected chi connectivity index (χ0v) is 15.3. The summed E-state index contributed by atoms with van der Waals surface area (Å²) in [6, 6.07) is 10.5. The number of benzene rings is 2. The highest BCUT2D eigenvalue weighted by atomic mass is 19.4. The van der Waals surface area contributed by atoms with Gasteiger partial charge in [0.1, 0.15) is 5.75 Å². The van der Waals surface area contributed by atoms with Crippen LogP contribution in [0.4, 0.5) is 13.2 Å². The number of hydrogen-bond donors (Lipinski definition) is 1. The van der Waals surface area contributed by atoms with E-state index in [-0.39, 0.29) is 17.9 Å². The van der Waals surface area contributed by atoms with Crippen LogP contribution in [0.5, 0.6) is 5.75 Å². The van der Waals surface area contributed by atoms with Crippen molar-refractivity contribution in [2.24, 2.45) is 5.41 Å². The van der Waals surface area contributed by atoms with Crippen molar-refractivity contribution in [3.63, 3.8) is 0 Å². The lowest BCUT2D eigenvalue weighted by molar-refractivity contribution is -0.274. The molecule has 0 atom stereocenters. The third kappa shape index (κ3) is 4.51. The molecule has 0 fully saturated rings. The number of alkyl halides is 3. The average molecular weight is 392 g/mol. The van der Waals surface area contributed by atoms with Gasteiger partial charge in [0, 0.05) is 18.6 Å². The van der Waals surface area contributed by atoms with Gasteiger partial charge in [-0.15, -0.1) is 13.2 Å². The molecule has 0 amide bonds. The Morgan fingerprint density at radius 3 is 2.32 bits per heavy atom. The van der Waals surface area contributed by atoms with Gasteiger partial charge < -0.3 is 9.84 Å². The highest BCUT2D eigenvalue weighted by molar-refractivity contribution is 5.83. The minimum atomic E-state index is -4.75. The number of hydrogen-bond acceptors (Lipinski definition) is 4. The van der Waals surface area contributed by atoms with Gasteiger partial charge in [-0.25, -0.2) is 4.98 Å². The lowest BCUT2D eigenvalue weighted by Crippen LogP contribution is -2.31. The van der Waals surface area contributed by atoms with E-state index in [1.807, 2.05) is 13.8 Å². The van der Waals surface area contributed by atoms with E-state index in [4.69, 9.17) is 0 Å². The maximum Gasteiger partial charge on any atom is 0.573 e. The predicted molar refractivity (Wildman–Crippen MR) is 99.0 cm³/mol. The van der Waals surface area contributed by atoms with E-state index in [2.05, 4.69) is 9.72 Å². The molecule has 0 aliphatic carbocycles. The fraction of sp³-hybridized carbons (Fsp3) is 0.300. The summed E-state index contributed by atoms with van der Waals surface area (Å²) in [5.74, 6) is -0.313. The third-order valence-corrected chi connectivity index (χ3v) is 4.27. The molecule has 1 N–H and O–H groups in total. The fourth-order valence-corrected chi connectivity index (χ4v) is 2.81. The van der Waals surface area contributed by atoms with E-state index in [9.17, 15) is 23.1 Å². The van der Waals surface area contributed by atoms with Gasteiger partial charge in [-0.05, 0) is 35.4 Å². The van der Waals surface area contributed by atoms with E-state index < -0.39 is 11.8 Å². The van der Waals surface area contributed by atoms with Crippen LogP contribution in [0.25, 0.3) is 22.0 Å². The topological polar surface area (TPSA) is 64.3 Å². The molecule has 0 radical (unpaired) electrons. The number of fused-ring (bicyclic) bond motifs is 1. The van der Waals surface area contributed by atoms with Crippen molar-refractivity contribution in [1.82, 2.24) is 9.55 Å². The predicted octanol–water partition coefficient (Wildman–Crippen LogP) is 3.98. The van der Waals surface area contributed by atoms with Crippen molar-refractivity contribution in [3.05, 3.63) is 59.1 Å². The molecule has 0 aliphatic heterocycles. The number of rotatable bonds is 5. The molecule has 3 rings (SSSR count). The van der Waals surface area contributed by atoms with Crippen LogP contribution in [0.15, 0.2) is 53.6 Å². The van der Waals surface area contributed by atoms with Gasteiger partial charge in [0.05, 0.1) is 17.2 Å². The number of nitrogens with zero attached hydrogens (tertiary/aromatic N) is 2. The van der Waals surface area contributed by atoms with Crippen LogP contribution in [0.2, 0.25) is 0 Å². The third-order valence-electron chi connectivity index (χ3n) is 4.27. The fourth-order valence-electron chi connectivity index (χ4n) is 2.81. The number of aromatic nitrogens is 2. The van der Waals surface area contributed by atoms with Gasteiger partial charge in [0.15, 0.2) is 0 Å². The smallest absolute Gasteiger partial charge is 0.406 e. The Bertz CT molecular complexity index is 1040. The number of halogens is 3. The van der Waals surface area contributed by atoms with Crippen LogP contribution in [0.3, 0.4) is 0 Å². The van der Waals surface area contributed by atoms with Crippen molar-refractivity contribution in [2.45, 2.75) is 26.8 Å². The van der Waals surface area contributed by atoms with Gasteiger partial charge in [-0.3, -0.25) is 9.36 Å². The van der Waals surface area contributed by atoms with E-state index in [0.717, 1.165) is 0 Å². The molecule has 3 aromatic rings. The molecule has 0 bridgehead atoms. The Morgan fingerprint density at radius 1 is 1.07 bits per heavy atom. The monoisotopic (exact) mass is 392 g/mol. The van der Waals surface area contributed by atoms with Crippen molar-refractivity contribution < 1.29 is 23.0 Å². The summed E-state index contributed by atoms with van der Waals surface area (Å²) in [5, 5.41) is 9.82. The van der Waals surface area contributed by atoms with E-state index in [0.29, 0.717) is 28.6 Å². The van der Waals surface area contributed by atoms with Crippen LogP contribution >= 0.6 is 0 Å². The van der Waals surface area contributed by atoms with Crippen LogP contribution in [0, 0.1) is 5.41 Å². The van der Waals surface area contributed by atoms with Crippen molar-refractivity contribution in [3.8, 4) is 16.9 Å². The molecule has 0 saturated carbocycles. The van der Waals surface area contributed by atoms with Crippen molar-refractivity contribution in [2.75, 3.05) is 6.61 Å².